The first-order valence-corrected chi connectivity index (χ1v) is 7.06. The number of esters is 2. The van der Waals surface area contributed by atoms with E-state index < -0.39 is 5.97 Å². The van der Waals surface area contributed by atoms with Crippen molar-refractivity contribution < 1.29 is 29.0 Å². The Morgan fingerprint density at radius 2 is 1.74 bits per heavy atom. The predicted octanol–water partition coefficient (Wildman–Crippen LogP) is 3.29. The number of unbranched alkanes of at least 4 members (excludes halogenated alkanes) is 1. The first-order valence-electron chi connectivity index (χ1n) is 7.06. The van der Waals surface area contributed by atoms with E-state index in [0.717, 1.165) is 12.8 Å². The minimum atomic E-state index is -0.845. The molecule has 0 bridgehead atoms. The molecule has 6 heteroatoms. The number of carbonyl (C=O) groups is 3. The van der Waals surface area contributed by atoms with Gasteiger partial charge in [-0.05, 0) is 27.2 Å². The predicted molar refractivity (Wildman–Crippen MR) is 90.0 cm³/mol. The summed E-state index contributed by atoms with van der Waals surface area (Å²) in [7, 11) is 1.33. The highest BCUT2D eigenvalue weighted by Gasteiger charge is 1.95. The summed E-state index contributed by atoms with van der Waals surface area (Å²) < 4.78 is 8.95. The summed E-state index contributed by atoms with van der Waals surface area (Å²) in [6.07, 6.45) is 4.71. The lowest BCUT2D eigenvalue weighted by atomic mass is 10.3. The number of hydrogen-bond donors (Lipinski definition) is 1. The second kappa shape index (κ2) is 17.7. The summed E-state index contributed by atoms with van der Waals surface area (Å²) in [5.41, 5.74) is 0.822. The summed E-state index contributed by atoms with van der Waals surface area (Å²) in [5, 5.41) is 8.11. The Morgan fingerprint density at radius 3 is 1.91 bits per heavy atom. The van der Waals surface area contributed by atoms with Crippen LogP contribution in [0.15, 0.2) is 36.5 Å². The molecule has 0 aliphatic carbocycles. The van der Waals surface area contributed by atoms with Gasteiger partial charge in [-0.2, -0.15) is 0 Å². The van der Waals surface area contributed by atoms with E-state index in [1.54, 1.807) is 26.8 Å². The molecule has 132 valence electrons. The van der Waals surface area contributed by atoms with Gasteiger partial charge in [0.15, 0.2) is 0 Å². The van der Waals surface area contributed by atoms with Gasteiger partial charge in [0.1, 0.15) is 0 Å². The van der Waals surface area contributed by atoms with Crippen LogP contribution in [0.1, 0.15) is 40.5 Å². The Kier molecular flexibility index (Phi) is 19.7. The number of rotatable bonds is 6. The fraction of sp³-hybridized carbons (Fsp3) is 0.471. The van der Waals surface area contributed by atoms with Crippen LogP contribution >= 0.6 is 0 Å². The van der Waals surface area contributed by atoms with Crippen molar-refractivity contribution >= 4 is 17.9 Å². The van der Waals surface area contributed by atoms with Crippen molar-refractivity contribution in [3.63, 3.8) is 0 Å². The van der Waals surface area contributed by atoms with E-state index in [0.29, 0.717) is 17.8 Å². The third kappa shape index (κ3) is 22.1. The molecule has 0 heterocycles. The average molecular weight is 328 g/mol. The molecule has 0 amide bonds. The number of allylic oxidation sites excluding steroid dienone is 1. The number of aliphatic carboxylic acids is 1. The second-order valence-electron chi connectivity index (χ2n) is 4.27. The van der Waals surface area contributed by atoms with Gasteiger partial charge < -0.3 is 14.6 Å². The summed E-state index contributed by atoms with van der Waals surface area (Å²) in [6, 6.07) is 0. The van der Waals surface area contributed by atoms with Crippen LogP contribution in [0.3, 0.4) is 0 Å². The molecule has 23 heavy (non-hydrogen) atoms. The minimum absolute atomic E-state index is 0.330. The van der Waals surface area contributed by atoms with Gasteiger partial charge in [-0.1, -0.05) is 32.6 Å². The molecular formula is C17H28O6. The van der Waals surface area contributed by atoms with E-state index in [-0.39, 0.29) is 11.9 Å². The van der Waals surface area contributed by atoms with Gasteiger partial charge in [-0.3, -0.25) is 0 Å². The molecule has 0 atom stereocenters. The highest BCUT2D eigenvalue weighted by molar-refractivity contribution is 5.86. The van der Waals surface area contributed by atoms with Crippen molar-refractivity contribution in [2.24, 2.45) is 0 Å². The summed E-state index contributed by atoms with van der Waals surface area (Å²) in [5.74, 6) is -1.52. The zero-order chi connectivity index (χ0) is 18.8. The maximum absolute atomic E-state index is 10.3. The van der Waals surface area contributed by atoms with Crippen molar-refractivity contribution in [1.82, 2.24) is 0 Å². The van der Waals surface area contributed by atoms with E-state index in [9.17, 15) is 14.4 Å². The first-order chi connectivity index (χ1) is 10.7. The van der Waals surface area contributed by atoms with Gasteiger partial charge in [0.05, 0.1) is 13.7 Å². The zero-order valence-electron chi connectivity index (χ0n) is 14.7. The van der Waals surface area contributed by atoms with Crippen LogP contribution in [-0.2, 0) is 23.9 Å². The molecule has 0 radical (unpaired) electrons. The summed E-state index contributed by atoms with van der Waals surface area (Å²) >= 11 is 0. The van der Waals surface area contributed by atoms with Gasteiger partial charge in [-0.25, -0.2) is 14.4 Å². The number of carboxylic acid groups (broad SMARTS) is 1. The van der Waals surface area contributed by atoms with Crippen molar-refractivity contribution in [2.75, 3.05) is 13.7 Å². The molecule has 1 N–H and O–H groups in total. The smallest absolute Gasteiger partial charge is 0.332 e. The molecule has 0 saturated heterocycles. The SMILES string of the molecule is C=C(C)C(=O)OC.C=CC(=O)OCCCC.CC=C(C)C(=O)O. The molecule has 0 rings (SSSR count). The Morgan fingerprint density at radius 1 is 1.22 bits per heavy atom. The summed E-state index contributed by atoms with van der Waals surface area (Å²) in [4.78, 5) is 30.4. The number of hydrogen-bond acceptors (Lipinski definition) is 5. The lowest BCUT2D eigenvalue weighted by Gasteiger charge is -1.97. The molecule has 0 aromatic rings. The quantitative estimate of drug-likeness (QED) is 0.457. The molecule has 0 spiro atoms. The van der Waals surface area contributed by atoms with Crippen molar-refractivity contribution in [1.29, 1.82) is 0 Å². The molecular weight excluding hydrogens is 300 g/mol. The standard InChI is InChI=1S/C7H12O2.2C5H8O2/c1-3-5-6-9-7(8)4-2;1-4(2)5(6)7-3;1-3-4(2)5(6)7/h4H,2-3,5-6H2,1H3;1H2,2-3H3;3H,1-2H3,(H,6,7). The molecule has 0 aliphatic heterocycles. The fourth-order valence-electron chi connectivity index (χ4n) is 0.674. The largest absolute Gasteiger partial charge is 0.478 e. The second-order valence-corrected chi connectivity index (χ2v) is 4.27. The van der Waals surface area contributed by atoms with E-state index in [2.05, 4.69) is 22.6 Å². The molecule has 6 nitrogen and oxygen atoms in total. The fourth-order valence-corrected chi connectivity index (χ4v) is 0.674. The maximum atomic E-state index is 10.3. The third-order valence-electron chi connectivity index (χ3n) is 2.21. The van der Waals surface area contributed by atoms with E-state index in [1.165, 1.54) is 13.2 Å². The van der Waals surface area contributed by atoms with Crippen molar-refractivity contribution in [3.05, 3.63) is 36.5 Å². The topological polar surface area (TPSA) is 89.9 Å². The number of carbonyl (C=O) groups excluding carboxylic acids is 2. The van der Waals surface area contributed by atoms with Crippen LogP contribution in [-0.4, -0.2) is 36.7 Å². The van der Waals surface area contributed by atoms with Crippen LogP contribution in [0, 0.1) is 0 Å². The molecule has 0 saturated carbocycles. The lowest BCUT2D eigenvalue weighted by molar-refractivity contribution is -0.138. The molecule has 0 unspecified atom stereocenters. The monoisotopic (exact) mass is 328 g/mol. The van der Waals surface area contributed by atoms with E-state index in [4.69, 9.17) is 5.11 Å². The van der Waals surface area contributed by atoms with Gasteiger partial charge in [0.25, 0.3) is 0 Å². The van der Waals surface area contributed by atoms with Gasteiger partial charge in [0, 0.05) is 17.2 Å². The van der Waals surface area contributed by atoms with Gasteiger partial charge in [0.2, 0.25) is 0 Å². The first kappa shape index (κ1) is 25.6. The van der Waals surface area contributed by atoms with Crippen LogP contribution in [0.4, 0.5) is 0 Å². The number of methoxy groups -OCH3 is 1. The molecule has 0 fully saturated rings. The van der Waals surface area contributed by atoms with Crippen LogP contribution < -0.4 is 0 Å². The molecule has 0 aromatic heterocycles. The number of carboxylic acids is 1. The minimum Gasteiger partial charge on any atom is -0.478 e. The summed E-state index contributed by atoms with van der Waals surface area (Å²) in [6.45, 7) is 14.0. The highest BCUT2D eigenvalue weighted by Crippen LogP contribution is 1.88. The Bertz CT molecular complexity index is 421. The van der Waals surface area contributed by atoms with Crippen molar-refractivity contribution in [2.45, 2.75) is 40.5 Å². The Labute approximate surface area is 138 Å². The van der Waals surface area contributed by atoms with Gasteiger partial charge >= 0.3 is 17.9 Å². The third-order valence-corrected chi connectivity index (χ3v) is 2.21. The van der Waals surface area contributed by atoms with Crippen LogP contribution in [0.5, 0.6) is 0 Å². The van der Waals surface area contributed by atoms with E-state index >= 15 is 0 Å². The maximum Gasteiger partial charge on any atom is 0.332 e. The Hall–Kier alpha value is -2.37. The van der Waals surface area contributed by atoms with E-state index in [1.807, 2.05) is 6.92 Å². The molecule has 0 aromatic carbocycles. The lowest BCUT2D eigenvalue weighted by Crippen LogP contribution is -2.00. The highest BCUT2D eigenvalue weighted by atomic mass is 16.5. The van der Waals surface area contributed by atoms with Crippen molar-refractivity contribution in [3.8, 4) is 0 Å². The van der Waals surface area contributed by atoms with Crippen LogP contribution in [0.25, 0.3) is 0 Å². The van der Waals surface area contributed by atoms with Crippen LogP contribution in [0.2, 0.25) is 0 Å². The normalized spacial score (nSPS) is 9.17. The zero-order valence-corrected chi connectivity index (χ0v) is 14.7. The van der Waals surface area contributed by atoms with Gasteiger partial charge in [-0.15, -0.1) is 0 Å². The average Bonchev–Trinajstić information content (AvgIpc) is 2.54. The number of ether oxygens (including phenoxy) is 2. The Balaban J connectivity index is -0.000000264. The molecule has 0 aliphatic rings.